The Morgan fingerprint density at radius 1 is 0.943 bits per heavy atom. The molecule has 0 bridgehead atoms. The molecule has 5 nitrogen and oxygen atoms in total. The van der Waals surface area contributed by atoms with Gasteiger partial charge in [-0.3, -0.25) is 4.99 Å². The summed E-state index contributed by atoms with van der Waals surface area (Å²) in [6.07, 6.45) is 9.80. The van der Waals surface area contributed by atoms with Crippen LogP contribution in [-0.2, 0) is 12.8 Å². The van der Waals surface area contributed by atoms with E-state index in [-0.39, 0.29) is 0 Å². The van der Waals surface area contributed by atoms with Gasteiger partial charge in [-0.2, -0.15) is 0 Å². The lowest BCUT2D eigenvalue weighted by Gasteiger charge is -2.27. The van der Waals surface area contributed by atoms with Crippen molar-refractivity contribution in [2.24, 2.45) is 10.9 Å². The molecule has 2 N–H and O–H groups in total. The van der Waals surface area contributed by atoms with Gasteiger partial charge in [0.2, 0.25) is 0 Å². The van der Waals surface area contributed by atoms with Crippen LogP contribution >= 0.6 is 0 Å². The third-order valence-electron chi connectivity index (χ3n) is 7.42. The highest BCUT2D eigenvalue weighted by molar-refractivity contribution is 5.94. The second kappa shape index (κ2) is 11.5. The molecule has 0 spiro atoms. The maximum Gasteiger partial charge on any atom is 0.195 e. The van der Waals surface area contributed by atoms with Gasteiger partial charge >= 0.3 is 0 Å². The molecule has 5 rings (SSSR count). The Hall–Kier alpha value is -3.21. The van der Waals surface area contributed by atoms with Crippen molar-refractivity contribution in [3.63, 3.8) is 0 Å². The molecule has 1 aromatic heterocycles. The molecule has 35 heavy (non-hydrogen) atoms. The van der Waals surface area contributed by atoms with Crippen molar-refractivity contribution < 1.29 is 0 Å². The van der Waals surface area contributed by atoms with E-state index in [2.05, 4.69) is 83.2 Å². The molecule has 1 unspecified atom stereocenters. The van der Waals surface area contributed by atoms with Gasteiger partial charge in [0.05, 0.1) is 12.2 Å². The molecule has 2 aliphatic rings. The Bertz CT molecular complexity index is 1120. The smallest absolute Gasteiger partial charge is 0.195 e. The highest BCUT2D eigenvalue weighted by Gasteiger charge is 2.24. The minimum atomic E-state index is 0.399. The summed E-state index contributed by atoms with van der Waals surface area (Å²) in [5, 5.41) is 6.61. The summed E-state index contributed by atoms with van der Waals surface area (Å²) in [6.45, 7) is 4.07. The maximum atomic E-state index is 5.11. The van der Waals surface area contributed by atoms with Gasteiger partial charge in [0, 0.05) is 29.4 Å². The van der Waals surface area contributed by atoms with E-state index in [1.165, 1.54) is 37.7 Å². The fourth-order valence-electron chi connectivity index (χ4n) is 5.30. The van der Waals surface area contributed by atoms with Gasteiger partial charge in [0.15, 0.2) is 5.96 Å². The Morgan fingerprint density at radius 3 is 2.49 bits per heavy atom. The molecule has 2 heterocycles. The predicted octanol–water partition coefficient (Wildman–Crippen LogP) is 6.37. The number of aryl methyl sites for hydroxylation is 2. The van der Waals surface area contributed by atoms with Gasteiger partial charge in [0.1, 0.15) is 5.82 Å². The molecule has 1 aliphatic heterocycles. The zero-order chi connectivity index (χ0) is 23.9. The van der Waals surface area contributed by atoms with E-state index < -0.39 is 0 Å². The SMILES string of the molecule is CC(c1nc(CCCc2ccccc2)cc(-c2ccc(NC3=NCCN3)cc2)n1)C1CCCCC1. The quantitative estimate of drug-likeness (QED) is 0.404. The fraction of sp³-hybridized carbons (Fsp3) is 0.433. The van der Waals surface area contributed by atoms with Crippen LogP contribution in [0.3, 0.4) is 0 Å². The molecule has 2 aromatic carbocycles. The van der Waals surface area contributed by atoms with Crippen LogP contribution in [0.25, 0.3) is 11.3 Å². The minimum Gasteiger partial charge on any atom is -0.354 e. The van der Waals surface area contributed by atoms with Gasteiger partial charge in [-0.25, -0.2) is 9.97 Å². The van der Waals surface area contributed by atoms with Gasteiger partial charge < -0.3 is 10.6 Å². The van der Waals surface area contributed by atoms with E-state index in [9.17, 15) is 0 Å². The molecule has 182 valence electrons. The van der Waals surface area contributed by atoms with Crippen molar-refractivity contribution in [1.29, 1.82) is 0 Å². The number of aliphatic imine (C=N–C) groups is 1. The largest absolute Gasteiger partial charge is 0.354 e. The summed E-state index contributed by atoms with van der Waals surface area (Å²) in [7, 11) is 0. The molecular formula is C30H37N5. The van der Waals surface area contributed by atoms with Crippen LogP contribution in [0.1, 0.15) is 68.4 Å². The van der Waals surface area contributed by atoms with Crippen molar-refractivity contribution in [1.82, 2.24) is 15.3 Å². The molecule has 0 saturated heterocycles. The number of hydrogen-bond donors (Lipinski definition) is 2. The number of hydrogen-bond acceptors (Lipinski definition) is 5. The minimum absolute atomic E-state index is 0.399. The Morgan fingerprint density at radius 2 is 1.74 bits per heavy atom. The van der Waals surface area contributed by atoms with E-state index >= 15 is 0 Å². The summed E-state index contributed by atoms with van der Waals surface area (Å²) in [6, 6.07) is 21.5. The average Bonchev–Trinajstić information content (AvgIpc) is 3.43. The normalized spacial score (nSPS) is 17.0. The van der Waals surface area contributed by atoms with Crippen LogP contribution in [0, 0.1) is 5.92 Å². The Balaban J connectivity index is 1.36. The molecule has 1 aliphatic carbocycles. The number of nitrogens with one attached hydrogen (secondary N) is 2. The number of nitrogens with zero attached hydrogens (tertiary/aromatic N) is 3. The van der Waals surface area contributed by atoms with Crippen molar-refractivity contribution in [3.05, 3.63) is 77.7 Å². The first-order chi connectivity index (χ1) is 17.2. The number of benzene rings is 2. The van der Waals surface area contributed by atoms with Gasteiger partial charge in [0.25, 0.3) is 0 Å². The van der Waals surface area contributed by atoms with E-state index in [0.29, 0.717) is 11.8 Å². The number of anilines is 1. The highest BCUT2D eigenvalue weighted by atomic mass is 15.2. The summed E-state index contributed by atoms with van der Waals surface area (Å²) >= 11 is 0. The predicted molar refractivity (Wildman–Crippen MR) is 145 cm³/mol. The molecule has 3 aromatic rings. The van der Waals surface area contributed by atoms with Crippen molar-refractivity contribution in [2.75, 3.05) is 18.4 Å². The summed E-state index contributed by atoms with van der Waals surface area (Å²) in [5.74, 6) is 2.97. The first kappa shape index (κ1) is 23.5. The van der Waals surface area contributed by atoms with Gasteiger partial charge in [-0.15, -0.1) is 0 Å². The summed E-state index contributed by atoms with van der Waals surface area (Å²) < 4.78 is 0. The van der Waals surface area contributed by atoms with Crippen LogP contribution in [0.2, 0.25) is 0 Å². The van der Waals surface area contributed by atoms with Crippen molar-refractivity contribution >= 4 is 11.6 Å². The zero-order valence-corrected chi connectivity index (χ0v) is 20.8. The van der Waals surface area contributed by atoms with Gasteiger partial charge in [-0.05, 0) is 61.8 Å². The first-order valence-corrected chi connectivity index (χ1v) is 13.3. The molecule has 1 saturated carbocycles. The topological polar surface area (TPSA) is 62.2 Å². The van der Waals surface area contributed by atoms with E-state index in [1.54, 1.807) is 0 Å². The van der Waals surface area contributed by atoms with Crippen LogP contribution in [0.15, 0.2) is 65.7 Å². The first-order valence-electron chi connectivity index (χ1n) is 13.3. The van der Waals surface area contributed by atoms with Crippen LogP contribution < -0.4 is 10.6 Å². The van der Waals surface area contributed by atoms with Crippen LogP contribution in [-0.4, -0.2) is 29.0 Å². The lowest BCUT2D eigenvalue weighted by atomic mass is 9.80. The monoisotopic (exact) mass is 467 g/mol. The van der Waals surface area contributed by atoms with Gasteiger partial charge in [-0.1, -0.05) is 68.7 Å². The summed E-state index contributed by atoms with van der Waals surface area (Å²) in [4.78, 5) is 14.6. The fourth-order valence-corrected chi connectivity index (χ4v) is 5.30. The molecule has 1 atom stereocenters. The third kappa shape index (κ3) is 6.27. The maximum absolute atomic E-state index is 5.11. The lowest BCUT2D eigenvalue weighted by molar-refractivity contribution is 0.308. The highest BCUT2D eigenvalue weighted by Crippen LogP contribution is 2.35. The van der Waals surface area contributed by atoms with E-state index in [0.717, 1.165) is 66.8 Å². The zero-order valence-electron chi connectivity index (χ0n) is 20.8. The van der Waals surface area contributed by atoms with E-state index in [4.69, 9.17) is 9.97 Å². The second-order valence-electron chi connectivity index (χ2n) is 9.99. The molecule has 1 fully saturated rings. The Labute approximate surface area is 209 Å². The standard InChI is InChI=1S/C30H37N5/c1-22(24-12-6-3-7-13-24)29-33-27(14-8-11-23-9-4-2-5-10-23)21-28(35-29)25-15-17-26(18-16-25)34-30-31-19-20-32-30/h2,4-5,9-10,15-18,21-22,24H,3,6-8,11-14,19-20H2,1H3,(H2,31,32,34). The van der Waals surface area contributed by atoms with Crippen LogP contribution in [0.4, 0.5) is 5.69 Å². The van der Waals surface area contributed by atoms with E-state index in [1.807, 2.05) is 0 Å². The average molecular weight is 468 g/mol. The number of aromatic nitrogens is 2. The molecule has 0 radical (unpaired) electrons. The lowest BCUT2D eigenvalue weighted by Crippen LogP contribution is -2.26. The molecule has 0 amide bonds. The Kier molecular flexibility index (Phi) is 7.72. The number of rotatable bonds is 8. The van der Waals surface area contributed by atoms with Crippen molar-refractivity contribution in [2.45, 2.75) is 64.2 Å². The second-order valence-corrected chi connectivity index (χ2v) is 9.99. The third-order valence-corrected chi connectivity index (χ3v) is 7.42. The summed E-state index contributed by atoms with van der Waals surface area (Å²) in [5.41, 5.74) is 5.77. The molecule has 5 heteroatoms. The van der Waals surface area contributed by atoms with Crippen molar-refractivity contribution in [3.8, 4) is 11.3 Å². The number of guanidine groups is 1. The molecular weight excluding hydrogens is 430 g/mol. The van der Waals surface area contributed by atoms with Crippen LogP contribution in [0.5, 0.6) is 0 Å².